The topological polar surface area (TPSA) is 114 Å². The normalized spacial score (nSPS) is 11.6. The van der Waals surface area contributed by atoms with Gasteiger partial charge >= 0.3 is 5.97 Å². The molecule has 0 radical (unpaired) electrons. The van der Waals surface area contributed by atoms with Gasteiger partial charge in [-0.2, -0.15) is 0 Å². The van der Waals surface area contributed by atoms with Crippen molar-refractivity contribution in [1.82, 2.24) is 0 Å². The van der Waals surface area contributed by atoms with Gasteiger partial charge in [-0.05, 0) is 31.9 Å². The van der Waals surface area contributed by atoms with Gasteiger partial charge < -0.3 is 21.9 Å². The Morgan fingerprint density at radius 1 is 1.37 bits per heavy atom. The second kappa shape index (κ2) is 7.25. The van der Waals surface area contributed by atoms with Crippen LogP contribution in [0.1, 0.15) is 18.4 Å². The molecule has 6 N–H and O–H groups in total. The van der Waals surface area contributed by atoms with Gasteiger partial charge in [0.25, 0.3) is 0 Å². The molecule has 6 heteroatoms. The van der Waals surface area contributed by atoms with Gasteiger partial charge in [0, 0.05) is 12.2 Å². The van der Waals surface area contributed by atoms with E-state index in [9.17, 15) is 4.79 Å². The van der Waals surface area contributed by atoms with E-state index in [1.807, 2.05) is 31.2 Å². The maximum absolute atomic E-state index is 11.2. The van der Waals surface area contributed by atoms with E-state index in [0.717, 1.165) is 11.3 Å². The van der Waals surface area contributed by atoms with Crippen LogP contribution >= 0.6 is 0 Å². The van der Waals surface area contributed by atoms with Crippen molar-refractivity contribution in [2.75, 3.05) is 11.9 Å². The number of carboxylic acids is 1. The first-order chi connectivity index (χ1) is 8.99. The Labute approximate surface area is 112 Å². The van der Waals surface area contributed by atoms with Crippen LogP contribution in [0.3, 0.4) is 0 Å². The summed E-state index contributed by atoms with van der Waals surface area (Å²) in [6, 6.07) is 6.95. The number of aryl methyl sites for hydroxylation is 1. The van der Waals surface area contributed by atoms with Crippen LogP contribution in [0.25, 0.3) is 0 Å². The molecule has 0 aromatic heterocycles. The zero-order chi connectivity index (χ0) is 14.3. The number of hydrogen-bond acceptors (Lipinski definition) is 3. The number of aliphatic carboxylic acids is 1. The predicted octanol–water partition coefficient (Wildman–Crippen LogP) is 0.914. The largest absolute Gasteiger partial charge is 0.480 e. The molecule has 1 rings (SSSR count). The van der Waals surface area contributed by atoms with E-state index >= 15 is 0 Å². The molecule has 0 bridgehead atoms. The zero-order valence-corrected chi connectivity index (χ0v) is 11.0. The summed E-state index contributed by atoms with van der Waals surface area (Å²) in [5.74, 6) is -0.858. The Morgan fingerprint density at radius 2 is 2.00 bits per heavy atom. The maximum Gasteiger partial charge on any atom is 0.326 e. The fourth-order valence-corrected chi connectivity index (χ4v) is 1.61. The van der Waals surface area contributed by atoms with E-state index in [2.05, 4.69) is 10.3 Å². The van der Waals surface area contributed by atoms with E-state index < -0.39 is 12.0 Å². The molecule has 6 nitrogen and oxygen atoms in total. The second-order valence-corrected chi connectivity index (χ2v) is 4.35. The number of rotatable bonds is 7. The minimum atomic E-state index is -0.884. The van der Waals surface area contributed by atoms with Crippen molar-refractivity contribution in [2.24, 2.45) is 16.5 Å². The quantitative estimate of drug-likeness (QED) is 0.332. The van der Waals surface area contributed by atoms with E-state index in [0.29, 0.717) is 19.4 Å². The maximum atomic E-state index is 11.2. The lowest BCUT2D eigenvalue weighted by molar-refractivity contribution is -0.138. The molecule has 0 aliphatic carbocycles. The summed E-state index contributed by atoms with van der Waals surface area (Å²) in [5, 5.41) is 12.1. The Bertz CT molecular complexity index is 438. The molecule has 0 saturated heterocycles. The van der Waals surface area contributed by atoms with Crippen LogP contribution in [0.5, 0.6) is 0 Å². The van der Waals surface area contributed by atoms with Crippen LogP contribution in [0.2, 0.25) is 0 Å². The van der Waals surface area contributed by atoms with Crippen molar-refractivity contribution in [3.8, 4) is 0 Å². The standard InChI is InChI=1S/C13H20N4O2/c1-9-4-6-10(7-5-9)17-11(12(18)19)3-2-8-16-13(14)15/h4-7,11,17H,2-3,8H2,1H3,(H,18,19)(H4,14,15,16)/t11-/m0/s1. The van der Waals surface area contributed by atoms with E-state index in [1.165, 1.54) is 0 Å². The number of benzene rings is 1. The highest BCUT2D eigenvalue weighted by Crippen LogP contribution is 2.12. The summed E-state index contributed by atoms with van der Waals surface area (Å²) in [6.45, 7) is 2.41. The molecule has 1 aromatic carbocycles. The molecule has 0 aliphatic heterocycles. The van der Waals surface area contributed by atoms with E-state index in [1.54, 1.807) is 0 Å². The number of carbonyl (C=O) groups is 1. The van der Waals surface area contributed by atoms with Gasteiger partial charge in [-0.1, -0.05) is 17.7 Å². The van der Waals surface area contributed by atoms with Crippen molar-refractivity contribution in [2.45, 2.75) is 25.8 Å². The van der Waals surface area contributed by atoms with Gasteiger partial charge in [0.15, 0.2) is 5.96 Å². The summed E-state index contributed by atoms with van der Waals surface area (Å²) in [4.78, 5) is 15.0. The predicted molar refractivity (Wildman–Crippen MR) is 76.1 cm³/mol. The summed E-state index contributed by atoms with van der Waals surface area (Å²) in [5.41, 5.74) is 12.3. The SMILES string of the molecule is Cc1ccc(N[C@@H](CCCN=C(N)N)C(=O)O)cc1. The highest BCUT2D eigenvalue weighted by atomic mass is 16.4. The molecule has 0 heterocycles. The Balaban J connectivity index is 2.51. The molecule has 0 unspecified atom stereocenters. The highest BCUT2D eigenvalue weighted by molar-refractivity contribution is 5.77. The molecule has 19 heavy (non-hydrogen) atoms. The van der Waals surface area contributed by atoms with Crippen LogP contribution in [-0.4, -0.2) is 29.6 Å². The molecular weight excluding hydrogens is 244 g/mol. The molecule has 104 valence electrons. The first-order valence-corrected chi connectivity index (χ1v) is 6.10. The fourth-order valence-electron chi connectivity index (χ4n) is 1.61. The first-order valence-electron chi connectivity index (χ1n) is 6.10. The summed E-state index contributed by atoms with van der Waals surface area (Å²) >= 11 is 0. The van der Waals surface area contributed by atoms with Gasteiger partial charge in [0.05, 0.1) is 0 Å². The lowest BCUT2D eigenvalue weighted by Crippen LogP contribution is -2.29. The molecule has 0 amide bonds. The molecule has 0 fully saturated rings. The van der Waals surface area contributed by atoms with Gasteiger partial charge in [-0.15, -0.1) is 0 Å². The van der Waals surface area contributed by atoms with Gasteiger partial charge in [-0.25, -0.2) is 4.79 Å². The molecule has 1 aromatic rings. The minimum Gasteiger partial charge on any atom is -0.480 e. The van der Waals surface area contributed by atoms with Crippen molar-refractivity contribution < 1.29 is 9.90 Å². The van der Waals surface area contributed by atoms with Crippen LogP contribution in [0, 0.1) is 6.92 Å². The molecule has 0 saturated carbocycles. The highest BCUT2D eigenvalue weighted by Gasteiger charge is 2.16. The molecule has 0 spiro atoms. The number of hydrogen-bond donors (Lipinski definition) is 4. The third kappa shape index (κ3) is 5.76. The van der Waals surface area contributed by atoms with Crippen LogP contribution in [0.4, 0.5) is 5.69 Å². The van der Waals surface area contributed by atoms with Crippen LogP contribution in [0.15, 0.2) is 29.3 Å². The summed E-state index contributed by atoms with van der Waals surface area (Å²) in [7, 11) is 0. The van der Waals surface area contributed by atoms with E-state index in [4.69, 9.17) is 16.6 Å². The van der Waals surface area contributed by atoms with Gasteiger partial charge in [0.2, 0.25) is 0 Å². The van der Waals surface area contributed by atoms with Crippen molar-refractivity contribution in [3.05, 3.63) is 29.8 Å². The Hall–Kier alpha value is -2.24. The third-order valence-corrected chi connectivity index (χ3v) is 2.64. The molecule has 0 aliphatic rings. The van der Waals surface area contributed by atoms with Crippen LogP contribution < -0.4 is 16.8 Å². The number of anilines is 1. The van der Waals surface area contributed by atoms with E-state index in [-0.39, 0.29) is 5.96 Å². The van der Waals surface area contributed by atoms with Crippen molar-refractivity contribution >= 4 is 17.6 Å². The van der Waals surface area contributed by atoms with Gasteiger partial charge in [0.1, 0.15) is 6.04 Å². The summed E-state index contributed by atoms with van der Waals surface area (Å²) < 4.78 is 0. The third-order valence-electron chi connectivity index (χ3n) is 2.64. The number of nitrogens with one attached hydrogen (secondary N) is 1. The Morgan fingerprint density at radius 3 is 2.53 bits per heavy atom. The Kier molecular flexibility index (Phi) is 5.66. The lowest BCUT2D eigenvalue weighted by atomic mass is 10.1. The first kappa shape index (κ1) is 14.8. The minimum absolute atomic E-state index is 0.0263. The smallest absolute Gasteiger partial charge is 0.326 e. The molecular formula is C13H20N4O2. The fraction of sp³-hybridized carbons (Fsp3) is 0.385. The second-order valence-electron chi connectivity index (χ2n) is 4.35. The number of nitrogens with zero attached hydrogens (tertiary/aromatic N) is 1. The number of guanidine groups is 1. The lowest BCUT2D eigenvalue weighted by Gasteiger charge is -2.15. The average Bonchev–Trinajstić information content (AvgIpc) is 2.35. The van der Waals surface area contributed by atoms with Crippen molar-refractivity contribution in [3.63, 3.8) is 0 Å². The monoisotopic (exact) mass is 264 g/mol. The number of nitrogens with two attached hydrogens (primary N) is 2. The van der Waals surface area contributed by atoms with Gasteiger partial charge in [-0.3, -0.25) is 4.99 Å². The van der Waals surface area contributed by atoms with Crippen molar-refractivity contribution in [1.29, 1.82) is 0 Å². The number of carboxylic acid groups (broad SMARTS) is 1. The zero-order valence-electron chi connectivity index (χ0n) is 11.0. The number of aliphatic imine (C=N–C) groups is 1. The summed E-state index contributed by atoms with van der Waals surface area (Å²) in [6.07, 6.45) is 1.06. The van der Waals surface area contributed by atoms with Crippen LogP contribution in [-0.2, 0) is 4.79 Å². The molecule has 1 atom stereocenters. The average molecular weight is 264 g/mol.